The van der Waals surface area contributed by atoms with Gasteiger partial charge < -0.3 is 10.6 Å². The first-order valence-electron chi connectivity index (χ1n) is 7.09. The maximum absolute atomic E-state index is 5.72. The molecule has 2 heterocycles. The Morgan fingerprint density at radius 1 is 1.20 bits per heavy atom. The Kier molecular flexibility index (Phi) is 4.88. The lowest BCUT2D eigenvalue weighted by Crippen LogP contribution is -2.52. The Hall–Kier alpha value is -1.27. The third-order valence-corrected chi connectivity index (χ3v) is 4.20. The van der Waals surface area contributed by atoms with E-state index >= 15 is 0 Å². The fraction of sp³-hybridized carbons (Fsp3) is 0.643. The first-order valence-corrected chi connectivity index (χ1v) is 7.50. The van der Waals surface area contributed by atoms with E-state index in [2.05, 4.69) is 46.6 Å². The molecular weight excluding hydrogens is 270 g/mol. The zero-order chi connectivity index (χ0) is 14.7. The van der Waals surface area contributed by atoms with Crippen LogP contribution in [0.1, 0.15) is 32.4 Å². The van der Waals surface area contributed by atoms with E-state index in [1.807, 2.05) is 0 Å². The van der Waals surface area contributed by atoms with Gasteiger partial charge in [0.2, 0.25) is 0 Å². The monoisotopic (exact) mass is 293 g/mol. The van der Waals surface area contributed by atoms with Crippen molar-refractivity contribution in [1.82, 2.24) is 14.9 Å². The predicted molar refractivity (Wildman–Crippen MR) is 86.2 cm³/mol. The van der Waals surface area contributed by atoms with Crippen LogP contribution >= 0.6 is 12.2 Å². The van der Waals surface area contributed by atoms with E-state index in [-0.39, 0.29) is 6.04 Å². The Labute approximate surface area is 126 Å². The van der Waals surface area contributed by atoms with Gasteiger partial charge in [-0.05, 0) is 12.8 Å². The number of anilines is 1. The number of hydrogen-bond donors (Lipinski definition) is 1. The van der Waals surface area contributed by atoms with Crippen molar-refractivity contribution in [2.24, 2.45) is 5.73 Å². The summed E-state index contributed by atoms with van der Waals surface area (Å²) in [6, 6.07) is 2.26. The van der Waals surface area contributed by atoms with Gasteiger partial charge in [-0.3, -0.25) is 4.90 Å². The summed E-state index contributed by atoms with van der Waals surface area (Å²) in [4.78, 5) is 13.9. The van der Waals surface area contributed by atoms with Gasteiger partial charge in [-0.15, -0.1) is 0 Å². The second kappa shape index (κ2) is 6.45. The fourth-order valence-electron chi connectivity index (χ4n) is 2.37. The van der Waals surface area contributed by atoms with Gasteiger partial charge in [-0.2, -0.15) is 0 Å². The molecule has 0 radical (unpaired) electrons. The third kappa shape index (κ3) is 3.43. The van der Waals surface area contributed by atoms with Crippen molar-refractivity contribution in [3.8, 4) is 0 Å². The van der Waals surface area contributed by atoms with Crippen molar-refractivity contribution in [3.05, 3.63) is 18.1 Å². The van der Waals surface area contributed by atoms with Crippen LogP contribution in [0.3, 0.4) is 0 Å². The first kappa shape index (κ1) is 15.1. The van der Waals surface area contributed by atoms with Crippen LogP contribution in [0.4, 0.5) is 5.82 Å². The van der Waals surface area contributed by atoms with Gasteiger partial charge >= 0.3 is 0 Å². The van der Waals surface area contributed by atoms with Crippen molar-refractivity contribution in [1.29, 1.82) is 0 Å². The lowest BCUT2D eigenvalue weighted by atomic mass is 10.1. The highest BCUT2D eigenvalue weighted by atomic mass is 32.1. The molecule has 0 saturated carbocycles. The molecular formula is C14H23N5S. The number of rotatable bonds is 4. The van der Waals surface area contributed by atoms with Crippen LogP contribution in [0.25, 0.3) is 0 Å². The first-order chi connectivity index (χ1) is 9.49. The number of aromatic nitrogens is 2. The lowest BCUT2D eigenvalue weighted by Gasteiger charge is -2.38. The van der Waals surface area contributed by atoms with E-state index in [9.17, 15) is 0 Å². The van der Waals surface area contributed by atoms with E-state index in [0.29, 0.717) is 10.9 Å². The number of thiocarbonyl (C=S) groups is 1. The van der Waals surface area contributed by atoms with E-state index in [1.54, 1.807) is 6.33 Å². The van der Waals surface area contributed by atoms with Crippen molar-refractivity contribution in [3.63, 3.8) is 0 Å². The topological polar surface area (TPSA) is 58.3 Å². The van der Waals surface area contributed by atoms with Gasteiger partial charge in [0.1, 0.15) is 12.1 Å². The number of piperazine rings is 1. The largest absolute Gasteiger partial charge is 0.392 e. The summed E-state index contributed by atoms with van der Waals surface area (Å²) in [6.45, 7) is 10.2. The van der Waals surface area contributed by atoms with Crippen LogP contribution in [0.2, 0.25) is 0 Å². The summed E-state index contributed by atoms with van der Waals surface area (Å²) in [5, 5.41) is 0. The maximum atomic E-state index is 5.72. The zero-order valence-electron chi connectivity index (χ0n) is 12.4. The fourth-order valence-corrected chi connectivity index (χ4v) is 2.52. The number of hydrogen-bond acceptors (Lipinski definition) is 5. The average molecular weight is 293 g/mol. The molecule has 1 aromatic rings. The molecule has 0 amide bonds. The van der Waals surface area contributed by atoms with Crippen LogP contribution in [0.5, 0.6) is 0 Å². The van der Waals surface area contributed by atoms with Gasteiger partial charge in [0.25, 0.3) is 0 Å². The molecule has 110 valence electrons. The van der Waals surface area contributed by atoms with Crippen molar-refractivity contribution < 1.29 is 0 Å². The molecule has 0 aliphatic carbocycles. The molecule has 1 saturated heterocycles. The summed E-state index contributed by atoms with van der Waals surface area (Å²) in [6.07, 6.45) is 1.66. The summed E-state index contributed by atoms with van der Waals surface area (Å²) >= 11 is 5.07. The molecule has 2 N–H and O–H groups in total. The number of nitrogens with two attached hydrogens (primary N) is 1. The minimum atomic E-state index is 0.170. The highest BCUT2D eigenvalue weighted by molar-refractivity contribution is 7.80. The lowest BCUT2D eigenvalue weighted by molar-refractivity contribution is 0.238. The molecule has 1 fully saturated rings. The standard InChI is InChI=1S/C14H23N5S/c1-10(2)12-8-13(17-9-16-12)19-6-4-18(5-7-19)11(3)14(15)20/h8-11H,4-7H2,1-3H3,(H2,15,20). The summed E-state index contributed by atoms with van der Waals surface area (Å²) in [7, 11) is 0. The van der Waals surface area contributed by atoms with Crippen LogP contribution < -0.4 is 10.6 Å². The highest BCUT2D eigenvalue weighted by Crippen LogP contribution is 2.18. The molecule has 2 rings (SSSR count). The van der Waals surface area contributed by atoms with Crippen molar-refractivity contribution >= 4 is 23.0 Å². The summed E-state index contributed by atoms with van der Waals surface area (Å²) in [5.74, 6) is 1.44. The van der Waals surface area contributed by atoms with E-state index in [1.165, 1.54) is 0 Å². The van der Waals surface area contributed by atoms with Gasteiger partial charge in [0, 0.05) is 37.9 Å². The molecule has 1 aliphatic heterocycles. The maximum Gasteiger partial charge on any atom is 0.132 e. The SMILES string of the molecule is CC(C)c1cc(N2CCN(C(C)C(N)=S)CC2)ncn1. The van der Waals surface area contributed by atoms with Crippen LogP contribution in [-0.4, -0.2) is 52.1 Å². The summed E-state index contributed by atoms with van der Waals surface area (Å²) in [5.41, 5.74) is 6.81. The molecule has 1 aliphatic rings. The normalized spacial score (nSPS) is 18.3. The third-order valence-electron chi connectivity index (χ3n) is 3.86. The van der Waals surface area contributed by atoms with Crippen molar-refractivity contribution in [2.75, 3.05) is 31.1 Å². The molecule has 5 nitrogen and oxygen atoms in total. The smallest absolute Gasteiger partial charge is 0.132 e. The molecule has 1 unspecified atom stereocenters. The average Bonchev–Trinajstić information content (AvgIpc) is 2.46. The van der Waals surface area contributed by atoms with Gasteiger partial charge in [0.05, 0.1) is 11.0 Å². The van der Waals surface area contributed by atoms with Crippen LogP contribution in [0, 0.1) is 0 Å². The molecule has 6 heteroatoms. The predicted octanol–water partition coefficient (Wildman–Crippen LogP) is 1.40. The molecule has 1 aromatic heterocycles. The van der Waals surface area contributed by atoms with Crippen LogP contribution in [0.15, 0.2) is 12.4 Å². The van der Waals surface area contributed by atoms with E-state index in [0.717, 1.165) is 37.7 Å². The molecule has 0 aromatic carbocycles. The second-order valence-corrected chi connectivity index (χ2v) is 6.03. The number of nitrogens with zero attached hydrogens (tertiary/aromatic N) is 4. The quantitative estimate of drug-likeness (QED) is 0.847. The highest BCUT2D eigenvalue weighted by Gasteiger charge is 2.23. The van der Waals surface area contributed by atoms with E-state index in [4.69, 9.17) is 18.0 Å². The van der Waals surface area contributed by atoms with Gasteiger partial charge in [-0.25, -0.2) is 9.97 Å². The Balaban J connectivity index is 2.00. The van der Waals surface area contributed by atoms with Crippen molar-refractivity contribution in [2.45, 2.75) is 32.7 Å². The molecule has 0 spiro atoms. The minimum Gasteiger partial charge on any atom is -0.392 e. The van der Waals surface area contributed by atoms with Gasteiger partial charge in [-0.1, -0.05) is 26.1 Å². The molecule has 1 atom stereocenters. The Morgan fingerprint density at radius 3 is 2.40 bits per heavy atom. The zero-order valence-corrected chi connectivity index (χ0v) is 13.2. The summed E-state index contributed by atoms with van der Waals surface area (Å²) < 4.78 is 0. The molecule has 0 bridgehead atoms. The Morgan fingerprint density at radius 2 is 1.85 bits per heavy atom. The second-order valence-electron chi connectivity index (χ2n) is 5.56. The molecule has 20 heavy (non-hydrogen) atoms. The Bertz CT molecular complexity index is 468. The van der Waals surface area contributed by atoms with Gasteiger partial charge in [0.15, 0.2) is 0 Å². The minimum absolute atomic E-state index is 0.170. The van der Waals surface area contributed by atoms with E-state index < -0.39 is 0 Å². The van der Waals surface area contributed by atoms with Crippen LogP contribution in [-0.2, 0) is 0 Å².